The summed E-state index contributed by atoms with van der Waals surface area (Å²) in [6.45, 7) is 3.06. The standard InChI is InChI=1S/C23H27N3O5S/c1-14-20(22(28)30-3)21(15-6-4-7-17(10-15)29-2)26-16(13-32-23(26)25-14)11-19(27)24-12-18-8-5-9-31-18/h4,6-7,10,13,18,21H,5,8-9,11-12H2,1-3H3,(H,24,27)/t18-,21-/m1/s1. The Labute approximate surface area is 191 Å². The van der Waals surface area contributed by atoms with Crippen molar-refractivity contribution in [1.82, 2.24) is 10.2 Å². The number of aliphatic imine (C=N–C) groups is 1. The van der Waals surface area contributed by atoms with Crippen LogP contribution in [0.3, 0.4) is 0 Å². The molecule has 9 heteroatoms. The Morgan fingerprint density at radius 3 is 2.91 bits per heavy atom. The minimum absolute atomic E-state index is 0.0824. The third-order valence-electron chi connectivity index (χ3n) is 5.71. The van der Waals surface area contributed by atoms with Crippen LogP contribution in [-0.2, 0) is 19.1 Å². The van der Waals surface area contributed by atoms with Crippen LogP contribution < -0.4 is 10.1 Å². The fourth-order valence-corrected chi connectivity index (χ4v) is 5.09. The zero-order valence-electron chi connectivity index (χ0n) is 18.4. The van der Waals surface area contributed by atoms with E-state index in [1.165, 1.54) is 18.9 Å². The van der Waals surface area contributed by atoms with Crippen LogP contribution in [0.25, 0.3) is 0 Å². The van der Waals surface area contributed by atoms with Crippen molar-refractivity contribution in [1.29, 1.82) is 0 Å². The molecule has 3 aliphatic heterocycles. The normalized spacial score (nSPS) is 22.3. The Balaban J connectivity index is 1.61. The van der Waals surface area contributed by atoms with Crippen molar-refractivity contribution < 1.29 is 23.8 Å². The molecule has 1 N–H and O–H groups in total. The van der Waals surface area contributed by atoms with Crippen molar-refractivity contribution in [3.63, 3.8) is 0 Å². The van der Waals surface area contributed by atoms with E-state index in [1.54, 1.807) is 14.0 Å². The number of hydrogen-bond acceptors (Lipinski definition) is 8. The molecule has 3 heterocycles. The number of hydrogen-bond donors (Lipinski definition) is 1. The van der Waals surface area contributed by atoms with E-state index in [4.69, 9.17) is 14.2 Å². The topological polar surface area (TPSA) is 89.5 Å². The summed E-state index contributed by atoms with van der Waals surface area (Å²) in [5.41, 5.74) is 2.67. The predicted octanol–water partition coefficient (Wildman–Crippen LogP) is 3.13. The molecule has 32 heavy (non-hydrogen) atoms. The molecule has 3 aliphatic rings. The quantitative estimate of drug-likeness (QED) is 0.629. The summed E-state index contributed by atoms with van der Waals surface area (Å²) in [6.07, 6.45) is 2.25. The van der Waals surface area contributed by atoms with Crippen LogP contribution in [0.5, 0.6) is 5.75 Å². The highest BCUT2D eigenvalue weighted by atomic mass is 32.2. The van der Waals surface area contributed by atoms with Crippen LogP contribution in [0, 0.1) is 0 Å². The van der Waals surface area contributed by atoms with E-state index >= 15 is 0 Å². The molecule has 0 saturated carbocycles. The second-order valence-electron chi connectivity index (χ2n) is 7.78. The number of amides is 1. The lowest BCUT2D eigenvalue weighted by Gasteiger charge is -2.36. The van der Waals surface area contributed by atoms with Gasteiger partial charge in [-0.2, -0.15) is 0 Å². The number of rotatable bonds is 7. The Morgan fingerprint density at radius 1 is 1.34 bits per heavy atom. The summed E-state index contributed by atoms with van der Waals surface area (Å²) in [5.74, 6) is 0.140. The van der Waals surface area contributed by atoms with Gasteiger partial charge in [-0.05, 0) is 42.9 Å². The monoisotopic (exact) mass is 457 g/mol. The van der Waals surface area contributed by atoms with Crippen LogP contribution >= 0.6 is 11.8 Å². The van der Waals surface area contributed by atoms with Gasteiger partial charge in [0.05, 0.1) is 44.1 Å². The summed E-state index contributed by atoms with van der Waals surface area (Å²) in [4.78, 5) is 32.0. The summed E-state index contributed by atoms with van der Waals surface area (Å²) in [5, 5.41) is 5.62. The third kappa shape index (κ3) is 4.54. The number of ether oxygens (including phenoxy) is 3. The molecule has 0 radical (unpaired) electrons. The average molecular weight is 458 g/mol. The molecule has 1 aromatic rings. The molecule has 0 unspecified atom stereocenters. The molecule has 2 atom stereocenters. The largest absolute Gasteiger partial charge is 0.497 e. The Hall–Kier alpha value is -2.78. The maximum absolute atomic E-state index is 12.8. The van der Waals surface area contributed by atoms with Crippen molar-refractivity contribution in [2.24, 2.45) is 4.99 Å². The highest BCUT2D eigenvalue weighted by molar-refractivity contribution is 8.16. The SMILES string of the molecule is COC(=O)C1=C(C)N=C2SC=C(CC(=O)NC[C@H]3CCCO3)N2[C@@H]1c1cccc(OC)c1. The molecule has 1 amide bonds. The van der Waals surface area contributed by atoms with Crippen LogP contribution in [-0.4, -0.2) is 55.4 Å². The maximum Gasteiger partial charge on any atom is 0.338 e. The average Bonchev–Trinajstić information content (AvgIpc) is 3.46. The molecular weight excluding hydrogens is 430 g/mol. The van der Waals surface area contributed by atoms with E-state index in [1.807, 2.05) is 34.6 Å². The molecule has 4 rings (SSSR count). The van der Waals surface area contributed by atoms with Gasteiger partial charge in [0.25, 0.3) is 0 Å². The summed E-state index contributed by atoms with van der Waals surface area (Å²) >= 11 is 1.44. The lowest BCUT2D eigenvalue weighted by molar-refractivity contribution is -0.136. The van der Waals surface area contributed by atoms with Crippen molar-refractivity contribution >= 4 is 28.8 Å². The first-order valence-corrected chi connectivity index (χ1v) is 11.4. The van der Waals surface area contributed by atoms with Gasteiger partial charge in [0.1, 0.15) is 5.75 Å². The molecule has 1 aromatic carbocycles. The Kier molecular flexibility index (Phi) is 6.86. The van der Waals surface area contributed by atoms with Gasteiger partial charge in [-0.15, -0.1) is 0 Å². The van der Waals surface area contributed by atoms with E-state index in [2.05, 4.69) is 10.3 Å². The molecule has 170 valence electrons. The van der Waals surface area contributed by atoms with E-state index in [0.29, 0.717) is 23.6 Å². The van der Waals surface area contributed by atoms with Gasteiger partial charge in [0.15, 0.2) is 5.17 Å². The van der Waals surface area contributed by atoms with Gasteiger partial charge in [-0.25, -0.2) is 9.79 Å². The molecule has 0 spiro atoms. The number of carbonyl (C=O) groups is 2. The molecule has 1 saturated heterocycles. The minimum Gasteiger partial charge on any atom is -0.497 e. The summed E-state index contributed by atoms with van der Waals surface area (Å²) < 4.78 is 16.1. The van der Waals surface area contributed by atoms with Gasteiger partial charge >= 0.3 is 5.97 Å². The second-order valence-corrected chi connectivity index (χ2v) is 8.61. The molecule has 0 bridgehead atoms. The molecule has 1 fully saturated rings. The number of benzene rings is 1. The van der Waals surface area contributed by atoms with Crippen LogP contribution in [0.2, 0.25) is 0 Å². The highest BCUT2D eigenvalue weighted by Crippen LogP contribution is 2.45. The van der Waals surface area contributed by atoms with Gasteiger partial charge in [-0.1, -0.05) is 23.9 Å². The number of methoxy groups -OCH3 is 2. The van der Waals surface area contributed by atoms with E-state index < -0.39 is 12.0 Å². The van der Waals surface area contributed by atoms with Crippen LogP contribution in [0.15, 0.2) is 51.6 Å². The van der Waals surface area contributed by atoms with Crippen LogP contribution in [0.1, 0.15) is 37.8 Å². The highest BCUT2D eigenvalue weighted by Gasteiger charge is 2.41. The smallest absolute Gasteiger partial charge is 0.338 e. The zero-order chi connectivity index (χ0) is 22.7. The van der Waals surface area contributed by atoms with Gasteiger partial charge in [-0.3, -0.25) is 4.79 Å². The summed E-state index contributed by atoms with van der Waals surface area (Å²) in [6, 6.07) is 7.08. The number of nitrogens with one attached hydrogen (secondary N) is 1. The molecule has 0 aliphatic carbocycles. The number of esters is 1. The molecule has 0 aromatic heterocycles. The van der Waals surface area contributed by atoms with Crippen molar-refractivity contribution in [3.05, 3.63) is 52.2 Å². The first-order valence-electron chi connectivity index (χ1n) is 10.6. The van der Waals surface area contributed by atoms with E-state index in [9.17, 15) is 9.59 Å². The van der Waals surface area contributed by atoms with Crippen molar-refractivity contribution in [2.45, 2.75) is 38.3 Å². The van der Waals surface area contributed by atoms with Gasteiger partial charge in [0.2, 0.25) is 5.91 Å². The molecule has 8 nitrogen and oxygen atoms in total. The number of carbonyl (C=O) groups excluding carboxylic acids is 2. The van der Waals surface area contributed by atoms with E-state index in [-0.39, 0.29) is 18.4 Å². The predicted molar refractivity (Wildman–Crippen MR) is 122 cm³/mol. The van der Waals surface area contributed by atoms with Crippen LogP contribution in [0.4, 0.5) is 0 Å². The van der Waals surface area contributed by atoms with E-state index in [0.717, 1.165) is 35.9 Å². The lowest BCUT2D eigenvalue weighted by Crippen LogP contribution is -2.38. The number of thioether (sulfide) groups is 1. The third-order valence-corrected chi connectivity index (χ3v) is 6.60. The maximum atomic E-state index is 12.8. The number of amidine groups is 1. The Bertz CT molecular complexity index is 997. The second kappa shape index (κ2) is 9.79. The number of nitrogens with zero attached hydrogens (tertiary/aromatic N) is 2. The molecular formula is C23H27N3O5S. The van der Waals surface area contributed by atoms with Gasteiger partial charge in [0, 0.05) is 18.8 Å². The zero-order valence-corrected chi connectivity index (χ0v) is 19.2. The fraction of sp³-hybridized carbons (Fsp3) is 0.435. The van der Waals surface area contributed by atoms with Gasteiger partial charge < -0.3 is 24.4 Å². The van der Waals surface area contributed by atoms with Crippen molar-refractivity contribution in [2.75, 3.05) is 27.4 Å². The first-order chi connectivity index (χ1) is 15.5. The lowest BCUT2D eigenvalue weighted by atomic mass is 9.93. The number of fused-ring (bicyclic) bond motifs is 1. The first kappa shape index (κ1) is 22.4. The van der Waals surface area contributed by atoms with Crippen molar-refractivity contribution in [3.8, 4) is 5.75 Å². The summed E-state index contributed by atoms with van der Waals surface area (Å²) in [7, 11) is 2.96. The minimum atomic E-state index is -0.475. The Morgan fingerprint density at radius 2 is 2.19 bits per heavy atom. The number of allylic oxidation sites excluding steroid dienone is 1. The fourth-order valence-electron chi connectivity index (χ4n) is 4.13.